The molecule has 0 aliphatic carbocycles. The molecule has 0 bridgehead atoms. The lowest BCUT2D eigenvalue weighted by Crippen LogP contribution is -2.17. The number of amides is 1. The fourth-order valence-corrected chi connectivity index (χ4v) is 3.03. The van der Waals surface area contributed by atoms with Crippen LogP contribution in [-0.2, 0) is 6.61 Å². The maximum absolute atomic E-state index is 12.8. The first-order valence-corrected chi connectivity index (χ1v) is 9.24. The molecular weight excluding hydrogens is 378 g/mol. The Balaban J connectivity index is 1.52. The highest BCUT2D eigenvalue weighted by Gasteiger charge is 2.16. The normalized spacial score (nSPS) is 12.3. The van der Waals surface area contributed by atoms with Crippen LogP contribution in [0.25, 0.3) is 0 Å². The van der Waals surface area contributed by atoms with Crippen LogP contribution in [0.1, 0.15) is 15.9 Å². The van der Waals surface area contributed by atoms with Crippen molar-refractivity contribution in [2.75, 3.05) is 18.5 Å². The van der Waals surface area contributed by atoms with Gasteiger partial charge >= 0.3 is 0 Å². The lowest BCUT2D eigenvalue weighted by atomic mass is 10.1. The second kappa shape index (κ2) is 8.23. The third kappa shape index (κ3) is 4.21. The number of carbonyl (C=O) groups excluding carboxylic acids is 1. The average molecular weight is 396 g/mol. The molecule has 0 unspecified atom stereocenters. The van der Waals surface area contributed by atoms with E-state index in [4.69, 9.17) is 25.8 Å². The van der Waals surface area contributed by atoms with E-state index in [0.717, 1.165) is 5.56 Å². The van der Waals surface area contributed by atoms with Crippen LogP contribution in [-0.4, -0.2) is 19.1 Å². The zero-order valence-electron chi connectivity index (χ0n) is 15.0. The standard InChI is InChI=1S/C22H18ClNO4/c23-16-6-8-19(28-14-15-4-2-1-3-5-15)18(12-16)22(25)24-17-7-9-20-21(13-17)27-11-10-26-20/h1-9,12-13H,10-11,14H2,(H,24,25). The van der Waals surface area contributed by atoms with E-state index in [-0.39, 0.29) is 5.91 Å². The van der Waals surface area contributed by atoms with E-state index in [1.165, 1.54) is 0 Å². The quantitative estimate of drug-likeness (QED) is 0.664. The predicted molar refractivity (Wildman–Crippen MR) is 108 cm³/mol. The van der Waals surface area contributed by atoms with Crippen molar-refractivity contribution in [3.05, 3.63) is 82.9 Å². The van der Waals surface area contributed by atoms with Crippen LogP contribution in [0.3, 0.4) is 0 Å². The Bertz CT molecular complexity index is 991. The number of nitrogens with one attached hydrogen (secondary N) is 1. The summed E-state index contributed by atoms with van der Waals surface area (Å²) in [5.41, 5.74) is 1.97. The lowest BCUT2D eigenvalue weighted by Gasteiger charge is -2.19. The number of hydrogen-bond donors (Lipinski definition) is 1. The van der Waals surface area contributed by atoms with Gasteiger partial charge in [-0.05, 0) is 35.9 Å². The van der Waals surface area contributed by atoms with Gasteiger partial charge in [0.1, 0.15) is 25.6 Å². The Morgan fingerprint density at radius 1 is 0.964 bits per heavy atom. The summed E-state index contributed by atoms with van der Waals surface area (Å²) >= 11 is 6.10. The second-order valence-electron chi connectivity index (χ2n) is 6.23. The van der Waals surface area contributed by atoms with Crippen LogP contribution in [0.4, 0.5) is 5.69 Å². The molecule has 0 fully saturated rings. The molecule has 6 heteroatoms. The molecular formula is C22H18ClNO4. The van der Waals surface area contributed by atoms with Gasteiger partial charge in [0.05, 0.1) is 5.56 Å². The van der Waals surface area contributed by atoms with Crippen LogP contribution in [0.2, 0.25) is 5.02 Å². The first kappa shape index (κ1) is 18.2. The van der Waals surface area contributed by atoms with E-state index in [1.807, 2.05) is 30.3 Å². The Morgan fingerprint density at radius 3 is 2.57 bits per heavy atom. The third-order valence-electron chi connectivity index (χ3n) is 4.22. The fourth-order valence-electron chi connectivity index (χ4n) is 2.86. The van der Waals surface area contributed by atoms with Gasteiger partial charge in [-0.3, -0.25) is 4.79 Å². The minimum absolute atomic E-state index is 0.317. The van der Waals surface area contributed by atoms with E-state index < -0.39 is 0 Å². The molecule has 0 saturated carbocycles. The highest BCUT2D eigenvalue weighted by atomic mass is 35.5. The fraction of sp³-hybridized carbons (Fsp3) is 0.136. The monoisotopic (exact) mass is 395 g/mol. The molecule has 142 valence electrons. The summed E-state index contributed by atoms with van der Waals surface area (Å²) in [5.74, 6) is 1.42. The highest BCUT2D eigenvalue weighted by molar-refractivity contribution is 6.31. The predicted octanol–water partition coefficient (Wildman–Crippen LogP) is 4.94. The molecule has 0 spiro atoms. The first-order chi connectivity index (χ1) is 13.7. The number of fused-ring (bicyclic) bond motifs is 1. The van der Waals surface area contributed by atoms with Gasteiger partial charge in [0.15, 0.2) is 11.5 Å². The van der Waals surface area contributed by atoms with Crippen LogP contribution in [0.15, 0.2) is 66.7 Å². The molecule has 0 atom stereocenters. The Labute approximate surface area is 167 Å². The van der Waals surface area contributed by atoms with Crippen molar-refractivity contribution in [3.8, 4) is 17.2 Å². The van der Waals surface area contributed by atoms with Gasteiger partial charge in [0.2, 0.25) is 0 Å². The zero-order chi connectivity index (χ0) is 19.3. The number of benzene rings is 3. The molecule has 0 saturated heterocycles. The summed E-state index contributed by atoms with van der Waals surface area (Å²) in [7, 11) is 0. The van der Waals surface area contributed by atoms with Crippen molar-refractivity contribution in [3.63, 3.8) is 0 Å². The summed E-state index contributed by atoms with van der Waals surface area (Å²) in [6, 6.07) is 20.0. The van der Waals surface area contributed by atoms with Gasteiger partial charge in [-0.2, -0.15) is 0 Å². The molecule has 1 aliphatic rings. The minimum Gasteiger partial charge on any atom is -0.488 e. The molecule has 0 radical (unpaired) electrons. The molecule has 28 heavy (non-hydrogen) atoms. The minimum atomic E-state index is -0.317. The van der Waals surface area contributed by atoms with Gasteiger partial charge in [-0.15, -0.1) is 0 Å². The zero-order valence-corrected chi connectivity index (χ0v) is 15.7. The number of halogens is 1. The number of ether oxygens (including phenoxy) is 3. The molecule has 1 heterocycles. The van der Waals surface area contributed by atoms with E-state index in [1.54, 1.807) is 36.4 Å². The maximum atomic E-state index is 12.8. The number of carbonyl (C=O) groups is 1. The second-order valence-corrected chi connectivity index (χ2v) is 6.66. The molecule has 3 aromatic rings. The van der Waals surface area contributed by atoms with Crippen LogP contribution in [0, 0.1) is 0 Å². The largest absolute Gasteiger partial charge is 0.488 e. The molecule has 1 amide bonds. The maximum Gasteiger partial charge on any atom is 0.259 e. The van der Waals surface area contributed by atoms with Crippen molar-refractivity contribution in [1.82, 2.24) is 0 Å². The van der Waals surface area contributed by atoms with Crippen molar-refractivity contribution in [2.45, 2.75) is 6.61 Å². The molecule has 1 aliphatic heterocycles. The van der Waals surface area contributed by atoms with Gasteiger partial charge in [0, 0.05) is 16.8 Å². The number of hydrogen-bond acceptors (Lipinski definition) is 4. The van der Waals surface area contributed by atoms with Gasteiger partial charge in [0.25, 0.3) is 5.91 Å². The van der Waals surface area contributed by atoms with Gasteiger partial charge in [-0.25, -0.2) is 0 Å². The summed E-state index contributed by atoms with van der Waals surface area (Å²) in [5, 5.41) is 3.32. The van der Waals surface area contributed by atoms with Gasteiger partial charge < -0.3 is 19.5 Å². The van der Waals surface area contributed by atoms with Crippen LogP contribution >= 0.6 is 11.6 Å². The topological polar surface area (TPSA) is 56.8 Å². The Hall–Kier alpha value is -3.18. The van der Waals surface area contributed by atoms with Crippen molar-refractivity contribution >= 4 is 23.2 Å². The molecule has 0 aromatic heterocycles. The molecule has 3 aromatic carbocycles. The summed E-state index contributed by atoms with van der Waals surface area (Å²) < 4.78 is 16.9. The van der Waals surface area contributed by atoms with Crippen molar-refractivity contribution < 1.29 is 19.0 Å². The first-order valence-electron chi connectivity index (χ1n) is 8.86. The SMILES string of the molecule is O=C(Nc1ccc2c(c1)OCCO2)c1cc(Cl)ccc1OCc1ccccc1. The van der Waals surface area contributed by atoms with E-state index in [0.29, 0.717) is 53.3 Å². The van der Waals surface area contributed by atoms with Crippen molar-refractivity contribution in [1.29, 1.82) is 0 Å². The van der Waals surface area contributed by atoms with E-state index in [9.17, 15) is 4.79 Å². The molecule has 4 rings (SSSR count). The smallest absolute Gasteiger partial charge is 0.259 e. The van der Waals surface area contributed by atoms with Crippen LogP contribution < -0.4 is 19.5 Å². The van der Waals surface area contributed by atoms with Crippen molar-refractivity contribution in [2.24, 2.45) is 0 Å². The highest BCUT2D eigenvalue weighted by Crippen LogP contribution is 2.33. The van der Waals surface area contributed by atoms with E-state index in [2.05, 4.69) is 5.32 Å². The van der Waals surface area contributed by atoms with Crippen LogP contribution in [0.5, 0.6) is 17.2 Å². The summed E-state index contributed by atoms with van der Waals surface area (Å²) in [4.78, 5) is 12.8. The lowest BCUT2D eigenvalue weighted by molar-refractivity contribution is 0.102. The Kier molecular flexibility index (Phi) is 5.35. The molecule has 5 nitrogen and oxygen atoms in total. The number of rotatable bonds is 5. The average Bonchev–Trinajstić information content (AvgIpc) is 2.73. The number of anilines is 1. The summed E-state index contributed by atoms with van der Waals surface area (Å²) in [6.07, 6.45) is 0. The van der Waals surface area contributed by atoms with Gasteiger partial charge in [-0.1, -0.05) is 41.9 Å². The summed E-state index contributed by atoms with van der Waals surface area (Å²) in [6.45, 7) is 1.35. The third-order valence-corrected chi connectivity index (χ3v) is 4.46. The molecule has 1 N–H and O–H groups in total. The van der Waals surface area contributed by atoms with E-state index >= 15 is 0 Å². The Morgan fingerprint density at radius 2 is 1.75 bits per heavy atom.